The topological polar surface area (TPSA) is 92.1 Å². The number of benzene rings is 2. The molecule has 0 radical (unpaired) electrons. The molecule has 5 rings (SSSR count). The second-order valence-electron chi connectivity index (χ2n) is 8.59. The van der Waals surface area contributed by atoms with E-state index in [0.29, 0.717) is 5.02 Å². The van der Waals surface area contributed by atoms with Crippen LogP contribution in [0.3, 0.4) is 0 Å². The molecule has 2 atom stereocenters. The third-order valence-corrected chi connectivity index (χ3v) is 8.46. The van der Waals surface area contributed by atoms with Gasteiger partial charge in [-0.05, 0) is 62.8 Å². The summed E-state index contributed by atoms with van der Waals surface area (Å²) in [5.74, 6) is -1.28. The van der Waals surface area contributed by atoms with E-state index in [1.165, 1.54) is 12.1 Å². The summed E-state index contributed by atoms with van der Waals surface area (Å²) in [4.78, 5) is 9.12. The van der Waals surface area contributed by atoms with Crippen LogP contribution in [0.2, 0.25) is 5.02 Å². The molecular formula is C23H22ClFN4O3S. The Morgan fingerprint density at radius 1 is 1.21 bits per heavy atom. The summed E-state index contributed by atoms with van der Waals surface area (Å²) in [7, 11) is -0.916. The molecule has 0 fully saturated rings. The zero-order valence-corrected chi connectivity index (χ0v) is 19.6. The summed E-state index contributed by atoms with van der Waals surface area (Å²) in [6.45, 7) is 0.289. The van der Waals surface area contributed by atoms with E-state index in [0.717, 1.165) is 22.2 Å². The number of hydrogen-bond acceptors (Lipinski definition) is 6. The Morgan fingerprint density at radius 2 is 1.97 bits per heavy atom. The number of alkyl halides is 1. The molecule has 2 unspecified atom stereocenters. The van der Waals surface area contributed by atoms with Crippen LogP contribution in [0.25, 0.3) is 10.9 Å². The Kier molecular flexibility index (Phi) is 5.30. The fourth-order valence-corrected chi connectivity index (χ4v) is 6.48. The Balaban J connectivity index is 1.63. The third-order valence-electron chi connectivity index (χ3n) is 6.04. The van der Waals surface area contributed by atoms with Crippen molar-refractivity contribution in [2.75, 3.05) is 14.1 Å². The number of halogens is 2. The van der Waals surface area contributed by atoms with E-state index in [1.54, 1.807) is 43.3 Å². The van der Waals surface area contributed by atoms with Crippen LogP contribution in [0, 0.1) is 5.92 Å². The van der Waals surface area contributed by atoms with E-state index < -0.39 is 26.6 Å². The standard InChI is InChI=1S/C23H22ClFN4O3S/c1-29(2)13-21-27-22(32-28-21)23(25,33(30,31)16-6-4-3-5-7-16)14-10-17-18-12-15(24)8-9-19(18)26-20(17)11-14/h3-9,12,14,26H,10-11,13H2,1-2H3. The number of H-pyrrole nitrogens is 1. The van der Waals surface area contributed by atoms with Crippen molar-refractivity contribution >= 4 is 32.3 Å². The van der Waals surface area contributed by atoms with Crippen LogP contribution in [-0.2, 0) is 34.2 Å². The van der Waals surface area contributed by atoms with Crippen molar-refractivity contribution in [2.24, 2.45) is 5.92 Å². The van der Waals surface area contributed by atoms with Gasteiger partial charge in [-0.2, -0.15) is 4.98 Å². The van der Waals surface area contributed by atoms with Crippen LogP contribution in [0.15, 0.2) is 57.9 Å². The molecule has 2 heterocycles. The van der Waals surface area contributed by atoms with Gasteiger partial charge in [0, 0.05) is 27.5 Å². The number of fused-ring (bicyclic) bond motifs is 3. The van der Waals surface area contributed by atoms with Crippen molar-refractivity contribution in [2.45, 2.75) is 29.3 Å². The third kappa shape index (κ3) is 3.55. The minimum Gasteiger partial charge on any atom is -0.358 e. The van der Waals surface area contributed by atoms with Gasteiger partial charge in [-0.25, -0.2) is 12.8 Å². The minimum absolute atomic E-state index is 0.136. The van der Waals surface area contributed by atoms with Crippen molar-refractivity contribution in [3.8, 4) is 0 Å². The van der Waals surface area contributed by atoms with Gasteiger partial charge in [0.2, 0.25) is 9.84 Å². The highest BCUT2D eigenvalue weighted by atomic mass is 35.5. The summed E-state index contributed by atoms with van der Waals surface area (Å²) >= 11 is 6.18. The SMILES string of the molecule is CN(C)Cc1noc(C(F)(C2Cc3[nH]c4ccc(Cl)cc4c3C2)S(=O)(=O)c2ccccc2)n1. The first-order chi connectivity index (χ1) is 15.7. The molecule has 0 spiro atoms. The summed E-state index contributed by atoms with van der Waals surface area (Å²) in [6, 6.07) is 13.0. The molecule has 2 aromatic carbocycles. The van der Waals surface area contributed by atoms with Crippen molar-refractivity contribution < 1.29 is 17.3 Å². The van der Waals surface area contributed by atoms with Crippen molar-refractivity contribution in [3.05, 3.63) is 76.5 Å². The molecule has 0 saturated heterocycles. The second kappa shape index (κ2) is 7.93. The van der Waals surface area contributed by atoms with Gasteiger partial charge in [0.15, 0.2) is 5.82 Å². The maximum Gasteiger partial charge on any atom is 0.295 e. The molecule has 4 aromatic rings. The predicted molar refractivity (Wildman–Crippen MR) is 122 cm³/mol. The van der Waals surface area contributed by atoms with Gasteiger partial charge in [-0.3, -0.25) is 0 Å². The lowest BCUT2D eigenvalue weighted by atomic mass is 9.98. The molecule has 0 bridgehead atoms. The molecule has 0 aliphatic heterocycles. The highest BCUT2D eigenvalue weighted by molar-refractivity contribution is 7.92. The Labute approximate surface area is 195 Å². The lowest BCUT2D eigenvalue weighted by molar-refractivity contribution is 0.128. The van der Waals surface area contributed by atoms with Gasteiger partial charge in [-0.1, -0.05) is 35.0 Å². The highest BCUT2D eigenvalue weighted by Crippen LogP contribution is 2.49. The first-order valence-electron chi connectivity index (χ1n) is 10.5. The average Bonchev–Trinajstić information content (AvgIpc) is 3.48. The predicted octanol–water partition coefficient (Wildman–Crippen LogP) is 4.28. The molecule has 0 amide bonds. The molecule has 172 valence electrons. The molecule has 2 aromatic heterocycles. The van der Waals surface area contributed by atoms with Gasteiger partial charge in [0.25, 0.3) is 10.9 Å². The minimum atomic E-state index is -4.53. The molecule has 1 aliphatic rings. The van der Waals surface area contributed by atoms with E-state index in [4.69, 9.17) is 16.1 Å². The molecule has 1 N–H and O–H groups in total. The van der Waals surface area contributed by atoms with E-state index in [-0.39, 0.29) is 30.1 Å². The Bertz CT molecular complexity index is 1430. The maximum absolute atomic E-state index is 17.1. The smallest absolute Gasteiger partial charge is 0.295 e. The normalized spacial score (nSPS) is 18.0. The zero-order chi connectivity index (χ0) is 23.4. The Morgan fingerprint density at radius 3 is 2.70 bits per heavy atom. The van der Waals surface area contributed by atoms with Crippen molar-refractivity contribution in [3.63, 3.8) is 0 Å². The largest absolute Gasteiger partial charge is 0.358 e. The van der Waals surface area contributed by atoms with Gasteiger partial charge in [0.05, 0.1) is 11.4 Å². The number of aromatic amines is 1. The molecule has 1 aliphatic carbocycles. The van der Waals surface area contributed by atoms with Gasteiger partial charge in [0.1, 0.15) is 0 Å². The summed E-state index contributed by atoms with van der Waals surface area (Å²) in [6.07, 6.45) is 0.360. The van der Waals surface area contributed by atoms with Crippen molar-refractivity contribution in [1.29, 1.82) is 0 Å². The van der Waals surface area contributed by atoms with Crippen LogP contribution >= 0.6 is 11.6 Å². The number of hydrogen-bond donors (Lipinski definition) is 1. The van der Waals surface area contributed by atoms with Crippen LogP contribution < -0.4 is 0 Å². The molecular weight excluding hydrogens is 467 g/mol. The number of sulfone groups is 1. The summed E-state index contributed by atoms with van der Waals surface area (Å²) < 4.78 is 49.8. The van der Waals surface area contributed by atoms with Gasteiger partial charge >= 0.3 is 0 Å². The van der Waals surface area contributed by atoms with Crippen LogP contribution in [0.4, 0.5) is 4.39 Å². The van der Waals surface area contributed by atoms with E-state index in [9.17, 15) is 8.42 Å². The first kappa shape index (κ1) is 22.1. The summed E-state index contributed by atoms with van der Waals surface area (Å²) in [5, 5.41) is 2.35. The summed E-state index contributed by atoms with van der Waals surface area (Å²) in [5.41, 5.74) is 2.52. The number of aromatic nitrogens is 3. The monoisotopic (exact) mass is 488 g/mol. The highest BCUT2D eigenvalue weighted by Gasteiger charge is 2.59. The Hall–Kier alpha value is -2.75. The van der Waals surface area contributed by atoms with Gasteiger partial charge in [-0.15, -0.1) is 0 Å². The number of rotatable bonds is 6. The fourth-order valence-electron chi connectivity index (χ4n) is 4.53. The van der Waals surface area contributed by atoms with Crippen LogP contribution in [0.5, 0.6) is 0 Å². The first-order valence-corrected chi connectivity index (χ1v) is 12.3. The molecule has 7 nitrogen and oxygen atoms in total. The van der Waals surface area contributed by atoms with E-state index in [2.05, 4.69) is 15.1 Å². The lowest BCUT2D eigenvalue weighted by Crippen LogP contribution is -2.40. The van der Waals surface area contributed by atoms with Crippen LogP contribution in [0.1, 0.15) is 23.0 Å². The average molecular weight is 489 g/mol. The number of nitrogens with zero attached hydrogens (tertiary/aromatic N) is 3. The zero-order valence-electron chi connectivity index (χ0n) is 18.0. The molecule has 33 heavy (non-hydrogen) atoms. The molecule has 10 heteroatoms. The van der Waals surface area contributed by atoms with Gasteiger partial charge < -0.3 is 14.4 Å². The van der Waals surface area contributed by atoms with Crippen LogP contribution in [-0.4, -0.2) is 42.5 Å². The fraction of sp³-hybridized carbons (Fsp3) is 0.304. The second-order valence-corrected chi connectivity index (χ2v) is 11.1. The van der Waals surface area contributed by atoms with E-state index in [1.807, 2.05) is 12.1 Å². The number of nitrogens with one attached hydrogen (secondary N) is 1. The maximum atomic E-state index is 17.1. The molecule has 0 saturated carbocycles. The quantitative estimate of drug-likeness (QED) is 0.435. The van der Waals surface area contributed by atoms with E-state index >= 15 is 4.39 Å². The lowest BCUT2D eigenvalue weighted by Gasteiger charge is -2.27. The van der Waals surface area contributed by atoms with Crippen molar-refractivity contribution in [1.82, 2.24) is 20.0 Å².